The molecule has 0 unspecified atom stereocenters. The van der Waals surface area contributed by atoms with E-state index < -0.39 is 0 Å². The van der Waals surface area contributed by atoms with Gasteiger partial charge in [-0.3, -0.25) is 4.99 Å². The third-order valence-corrected chi connectivity index (χ3v) is 6.86. The summed E-state index contributed by atoms with van der Waals surface area (Å²) in [6, 6.07) is 6.66. The van der Waals surface area contributed by atoms with Gasteiger partial charge in [-0.1, -0.05) is 17.8 Å². The molecule has 3 heterocycles. The number of rotatable bonds is 4. The number of fused-ring (bicyclic) bond motifs is 2. The minimum atomic E-state index is 0.184. The molecule has 0 bridgehead atoms. The van der Waals surface area contributed by atoms with Gasteiger partial charge in [-0.15, -0.1) is 23.1 Å². The first-order valence-electron chi connectivity index (χ1n) is 7.22. The molecule has 0 fully saturated rings. The topological polar surface area (TPSA) is 35.8 Å². The lowest BCUT2D eigenvalue weighted by atomic mass is 10.1. The number of hydrogen-bond acceptors (Lipinski definition) is 6. The molecule has 0 saturated heterocycles. The van der Waals surface area contributed by atoms with Crippen LogP contribution in [-0.4, -0.2) is 41.1 Å². The monoisotopic (exact) mass is 348 g/mol. The molecule has 3 nitrogen and oxygen atoms in total. The third-order valence-electron chi connectivity index (χ3n) is 3.94. The first-order valence-corrected chi connectivity index (χ1v) is 10.1. The van der Waals surface area contributed by atoms with Crippen LogP contribution in [0, 0.1) is 0 Å². The van der Waals surface area contributed by atoms with E-state index >= 15 is 0 Å². The molecule has 1 aromatic heterocycles. The minimum Gasteiger partial charge on any atom is -0.396 e. The molecule has 1 aromatic carbocycles. The fraction of sp³-hybridized carbons (Fsp3) is 0.312. The van der Waals surface area contributed by atoms with Gasteiger partial charge in [-0.25, -0.2) is 0 Å². The van der Waals surface area contributed by atoms with Crippen LogP contribution in [0.3, 0.4) is 0 Å². The SMILES string of the molecule is CSc1ccc(C2=C(CCO)SC3=NCCN32)c2sccc12. The van der Waals surface area contributed by atoms with Crippen LogP contribution in [0.15, 0.2) is 38.4 Å². The highest BCUT2D eigenvalue weighted by Crippen LogP contribution is 2.46. The minimum absolute atomic E-state index is 0.184. The van der Waals surface area contributed by atoms with Gasteiger partial charge in [-0.05, 0) is 23.8 Å². The summed E-state index contributed by atoms with van der Waals surface area (Å²) in [6.45, 7) is 2.00. The second-order valence-electron chi connectivity index (χ2n) is 5.14. The zero-order chi connectivity index (χ0) is 15.1. The van der Waals surface area contributed by atoms with Crippen LogP contribution in [0.5, 0.6) is 0 Å². The molecule has 1 N–H and O–H groups in total. The van der Waals surface area contributed by atoms with E-state index in [0.717, 1.165) is 18.3 Å². The fourth-order valence-corrected chi connectivity index (χ4v) is 5.77. The van der Waals surface area contributed by atoms with Gasteiger partial charge in [0.25, 0.3) is 0 Å². The van der Waals surface area contributed by atoms with Crippen molar-refractivity contribution in [3.05, 3.63) is 34.0 Å². The molecule has 0 spiro atoms. The molecular weight excluding hydrogens is 332 g/mol. The predicted octanol–water partition coefficient (Wildman–Crippen LogP) is 4.09. The number of thiophene rings is 1. The Morgan fingerprint density at radius 2 is 2.27 bits per heavy atom. The van der Waals surface area contributed by atoms with Crippen LogP contribution in [0.1, 0.15) is 12.0 Å². The van der Waals surface area contributed by atoms with Gasteiger partial charge in [0.15, 0.2) is 5.17 Å². The summed E-state index contributed by atoms with van der Waals surface area (Å²) in [6.07, 6.45) is 2.83. The van der Waals surface area contributed by atoms with Crippen LogP contribution in [-0.2, 0) is 0 Å². The molecule has 4 rings (SSSR count). The molecule has 0 radical (unpaired) electrons. The second-order valence-corrected chi connectivity index (χ2v) is 7.97. The van der Waals surface area contributed by atoms with Gasteiger partial charge >= 0.3 is 0 Å². The van der Waals surface area contributed by atoms with Gasteiger partial charge in [0.2, 0.25) is 0 Å². The van der Waals surface area contributed by atoms with Crippen LogP contribution < -0.4 is 0 Å². The molecule has 6 heteroatoms. The van der Waals surface area contributed by atoms with Crippen molar-refractivity contribution in [1.82, 2.24) is 4.90 Å². The summed E-state index contributed by atoms with van der Waals surface area (Å²) in [5, 5.41) is 14.0. The lowest BCUT2D eigenvalue weighted by Crippen LogP contribution is -2.20. The molecule has 0 atom stereocenters. The average molecular weight is 349 g/mol. The van der Waals surface area contributed by atoms with Gasteiger partial charge < -0.3 is 10.0 Å². The molecule has 114 valence electrons. The van der Waals surface area contributed by atoms with E-state index in [4.69, 9.17) is 0 Å². The summed E-state index contributed by atoms with van der Waals surface area (Å²) < 4.78 is 1.34. The van der Waals surface area contributed by atoms with Crippen LogP contribution in [0.4, 0.5) is 0 Å². The number of aliphatic imine (C=N–C) groups is 1. The first-order chi connectivity index (χ1) is 10.8. The smallest absolute Gasteiger partial charge is 0.168 e. The maximum absolute atomic E-state index is 9.40. The van der Waals surface area contributed by atoms with Crippen molar-refractivity contribution in [2.45, 2.75) is 11.3 Å². The number of amidine groups is 1. The second kappa shape index (κ2) is 5.92. The Morgan fingerprint density at radius 3 is 3.09 bits per heavy atom. The van der Waals surface area contributed by atoms with Crippen LogP contribution in [0.2, 0.25) is 0 Å². The Bertz CT molecular complexity index is 794. The van der Waals surface area contributed by atoms with Crippen molar-refractivity contribution in [3.63, 3.8) is 0 Å². The van der Waals surface area contributed by atoms with E-state index in [-0.39, 0.29) is 6.61 Å². The Hall–Kier alpha value is -0.950. The molecule has 2 aliphatic heterocycles. The Balaban J connectivity index is 1.91. The largest absolute Gasteiger partial charge is 0.396 e. The van der Waals surface area contributed by atoms with Gasteiger partial charge in [0.1, 0.15) is 0 Å². The molecule has 2 aromatic rings. The fourth-order valence-electron chi connectivity index (χ4n) is 3.00. The summed E-state index contributed by atoms with van der Waals surface area (Å²) in [5.41, 5.74) is 2.54. The lowest BCUT2D eigenvalue weighted by molar-refractivity contribution is 0.301. The summed E-state index contributed by atoms with van der Waals surface area (Å²) in [7, 11) is 0. The van der Waals surface area contributed by atoms with Crippen molar-refractivity contribution in [2.24, 2.45) is 4.99 Å². The maximum Gasteiger partial charge on any atom is 0.168 e. The third kappa shape index (κ3) is 2.21. The number of thioether (sulfide) groups is 2. The molecule has 0 saturated carbocycles. The van der Waals surface area contributed by atoms with Crippen molar-refractivity contribution in [1.29, 1.82) is 0 Å². The van der Waals surface area contributed by atoms with Gasteiger partial charge in [0, 0.05) is 45.0 Å². The summed E-state index contributed by atoms with van der Waals surface area (Å²) in [5.74, 6) is 0. The van der Waals surface area contributed by atoms with Crippen LogP contribution in [0.25, 0.3) is 15.8 Å². The molecule has 2 aliphatic rings. The van der Waals surface area contributed by atoms with E-state index in [1.165, 1.54) is 31.1 Å². The highest BCUT2D eigenvalue weighted by Gasteiger charge is 2.33. The number of benzene rings is 1. The molecule has 22 heavy (non-hydrogen) atoms. The average Bonchev–Trinajstić information content (AvgIpc) is 3.21. The first kappa shape index (κ1) is 14.6. The van der Waals surface area contributed by atoms with Gasteiger partial charge in [-0.2, -0.15) is 0 Å². The van der Waals surface area contributed by atoms with E-state index in [1.54, 1.807) is 34.9 Å². The van der Waals surface area contributed by atoms with Crippen molar-refractivity contribution in [3.8, 4) is 0 Å². The zero-order valence-corrected chi connectivity index (χ0v) is 14.7. The highest BCUT2D eigenvalue weighted by molar-refractivity contribution is 8.17. The normalized spacial score (nSPS) is 17.5. The maximum atomic E-state index is 9.40. The quantitative estimate of drug-likeness (QED) is 0.844. The van der Waals surface area contributed by atoms with E-state index in [1.807, 2.05) is 0 Å². The molecule has 0 aliphatic carbocycles. The Labute approximate surface area is 142 Å². The zero-order valence-electron chi connectivity index (χ0n) is 12.2. The lowest BCUT2D eigenvalue weighted by Gasteiger charge is -2.18. The van der Waals surface area contributed by atoms with Crippen molar-refractivity contribution < 1.29 is 5.11 Å². The van der Waals surface area contributed by atoms with E-state index in [2.05, 4.69) is 39.7 Å². The predicted molar refractivity (Wildman–Crippen MR) is 98.8 cm³/mol. The number of hydrogen-bond donors (Lipinski definition) is 1. The van der Waals surface area contributed by atoms with E-state index in [9.17, 15) is 5.11 Å². The Morgan fingerprint density at radius 1 is 1.36 bits per heavy atom. The number of aliphatic hydroxyl groups is 1. The summed E-state index contributed by atoms with van der Waals surface area (Å²) in [4.78, 5) is 9.48. The number of nitrogens with zero attached hydrogens (tertiary/aromatic N) is 2. The van der Waals surface area contributed by atoms with Gasteiger partial charge in [0.05, 0.1) is 12.2 Å². The van der Waals surface area contributed by atoms with Crippen molar-refractivity contribution >= 4 is 55.8 Å². The Kier molecular flexibility index (Phi) is 3.94. The standard InChI is InChI=1S/C16H16N2OS3/c1-20-12-3-2-11(15-10(12)5-9-21-15)14-13(4-8-19)22-16-17-6-7-18(14)16/h2-3,5,9,19H,4,6-8H2,1H3. The van der Waals surface area contributed by atoms with E-state index in [0.29, 0.717) is 6.42 Å². The number of aliphatic hydroxyl groups excluding tert-OH is 1. The van der Waals surface area contributed by atoms with Crippen molar-refractivity contribution in [2.75, 3.05) is 26.0 Å². The molecular formula is C16H16N2OS3. The summed E-state index contributed by atoms with van der Waals surface area (Å²) >= 11 is 5.32. The highest BCUT2D eigenvalue weighted by atomic mass is 32.2. The molecule has 0 amide bonds. The van der Waals surface area contributed by atoms with Crippen LogP contribution >= 0.6 is 34.9 Å².